The first kappa shape index (κ1) is 21.0. The summed E-state index contributed by atoms with van der Waals surface area (Å²) in [6.07, 6.45) is 4.94. The van der Waals surface area contributed by atoms with Crippen molar-refractivity contribution in [1.82, 2.24) is 9.80 Å². The summed E-state index contributed by atoms with van der Waals surface area (Å²) < 4.78 is 0. The Balaban J connectivity index is 0. The van der Waals surface area contributed by atoms with E-state index in [1.807, 2.05) is 7.05 Å². The van der Waals surface area contributed by atoms with Crippen LogP contribution >= 0.6 is 0 Å². The van der Waals surface area contributed by atoms with Gasteiger partial charge in [0.05, 0.1) is 0 Å². The number of carboxylic acid groups (broad SMARTS) is 1. The monoisotopic (exact) mass is 287 g/mol. The molecular weight excluding hydrogens is 254 g/mol. The molecule has 20 heavy (non-hydrogen) atoms. The van der Waals surface area contributed by atoms with Gasteiger partial charge >= 0.3 is 0 Å². The molecule has 120 valence electrons. The van der Waals surface area contributed by atoms with Crippen molar-refractivity contribution in [1.29, 1.82) is 0 Å². The number of rotatable bonds is 6. The topological polar surface area (TPSA) is 56.1 Å². The quantitative estimate of drug-likeness (QED) is 0.603. The van der Waals surface area contributed by atoms with Gasteiger partial charge in [-0.1, -0.05) is 26.7 Å². The fourth-order valence-electron chi connectivity index (χ4n) is 2.00. The Hall–Kier alpha value is -1.26. The largest absolute Gasteiger partial charge is 0.481 e. The van der Waals surface area contributed by atoms with Gasteiger partial charge in [-0.05, 0) is 19.8 Å². The molecule has 0 amide bonds. The third kappa shape index (κ3) is 10.6. The SMILES string of the molecule is CC(=O)O.CCCCN(C(=NC)N(C)C)C(C)CCC. The van der Waals surface area contributed by atoms with E-state index in [2.05, 4.69) is 49.7 Å². The van der Waals surface area contributed by atoms with Crippen LogP contribution in [0.25, 0.3) is 0 Å². The standard InChI is InChI=1S/C13H29N3.C2H4O2/c1-7-9-11-16(12(3)10-8-2)13(14-4)15(5)6;1-2(3)4/h12H,7-11H2,1-6H3;1H3,(H,3,4). The molecule has 0 aromatic rings. The zero-order valence-electron chi connectivity index (χ0n) is 14.3. The lowest BCUT2D eigenvalue weighted by atomic mass is 10.1. The Bertz CT molecular complexity index is 274. The fraction of sp³-hybridized carbons (Fsp3) is 0.867. The van der Waals surface area contributed by atoms with E-state index in [0.717, 1.165) is 19.4 Å². The Morgan fingerprint density at radius 1 is 1.25 bits per heavy atom. The number of hydrogen-bond donors (Lipinski definition) is 1. The highest BCUT2D eigenvalue weighted by atomic mass is 16.4. The molecule has 0 aromatic heterocycles. The highest BCUT2D eigenvalue weighted by Crippen LogP contribution is 2.10. The Kier molecular flexibility index (Phi) is 13.4. The van der Waals surface area contributed by atoms with E-state index in [1.165, 1.54) is 25.7 Å². The van der Waals surface area contributed by atoms with Gasteiger partial charge in [-0.2, -0.15) is 0 Å². The normalized spacial score (nSPS) is 12.2. The van der Waals surface area contributed by atoms with Gasteiger partial charge in [-0.25, -0.2) is 0 Å². The lowest BCUT2D eigenvalue weighted by Crippen LogP contribution is -2.46. The number of carboxylic acids is 1. The number of hydrogen-bond acceptors (Lipinski definition) is 2. The van der Waals surface area contributed by atoms with Gasteiger partial charge in [0.1, 0.15) is 0 Å². The molecule has 0 saturated heterocycles. The molecule has 0 aliphatic rings. The summed E-state index contributed by atoms with van der Waals surface area (Å²) in [7, 11) is 6.02. The first-order valence-electron chi connectivity index (χ1n) is 7.41. The van der Waals surface area contributed by atoms with Gasteiger partial charge in [0.15, 0.2) is 5.96 Å². The van der Waals surface area contributed by atoms with E-state index in [9.17, 15) is 0 Å². The van der Waals surface area contributed by atoms with Crippen molar-refractivity contribution in [2.75, 3.05) is 27.7 Å². The predicted molar refractivity (Wildman–Crippen MR) is 86.3 cm³/mol. The molecule has 5 heteroatoms. The summed E-state index contributed by atoms with van der Waals surface area (Å²) in [5.74, 6) is 0.273. The van der Waals surface area contributed by atoms with Gasteiger partial charge in [0.2, 0.25) is 0 Å². The maximum Gasteiger partial charge on any atom is 0.300 e. The maximum absolute atomic E-state index is 9.00. The minimum absolute atomic E-state index is 0.581. The summed E-state index contributed by atoms with van der Waals surface area (Å²) in [6.45, 7) is 8.98. The minimum Gasteiger partial charge on any atom is -0.481 e. The van der Waals surface area contributed by atoms with Crippen molar-refractivity contribution < 1.29 is 9.90 Å². The number of aliphatic imine (C=N–C) groups is 1. The summed E-state index contributed by atoms with van der Waals surface area (Å²) in [4.78, 5) is 18.0. The molecule has 1 N–H and O–H groups in total. The molecule has 0 radical (unpaired) electrons. The van der Waals surface area contributed by atoms with Crippen LogP contribution in [0.15, 0.2) is 4.99 Å². The molecular formula is C15H33N3O2. The van der Waals surface area contributed by atoms with E-state index in [1.54, 1.807) is 0 Å². The van der Waals surface area contributed by atoms with Gasteiger partial charge < -0.3 is 14.9 Å². The zero-order valence-corrected chi connectivity index (χ0v) is 14.3. The molecule has 0 aromatic carbocycles. The number of guanidine groups is 1. The van der Waals surface area contributed by atoms with E-state index in [0.29, 0.717) is 6.04 Å². The molecule has 0 saturated carbocycles. The Morgan fingerprint density at radius 2 is 1.75 bits per heavy atom. The van der Waals surface area contributed by atoms with Crippen molar-refractivity contribution in [3.8, 4) is 0 Å². The van der Waals surface area contributed by atoms with Crippen molar-refractivity contribution >= 4 is 11.9 Å². The highest BCUT2D eigenvalue weighted by Gasteiger charge is 2.17. The maximum atomic E-state index is 9.00. The summed E-state index contributed by atoms with van der Waals surface area (Å²) >= 11 is 0. The van der Waals surface area contributed by atoms with Crippen LogP contribution in [0.2, 0.25) is 0 Å². The lowest BCUT2D eigenvalue weighted by molar-refractivity contribution is -0.134. The van der Waals surface area contributed by atoms with E-state index < -0.39 is 5.97 Å². The molecule has 5 nitrogen and oxygen atoms in total. The smallest absolute Gasteiger partial charge is 0.300 e. The molecule has 0 aliphatic heterocycles. The van der Waals surface area contributed by atoms with Gasteiger partial charge in [0, 0.05) is 40.7 Å². The predicted octanol–water partition coefficient (Wildman–Crippen LogP) is 2.92. The number of unbranched alkanes of at least 4 members (excludes halogenated alkanes) is 1. The third-order valence-electron chi connectivity index (χ3n) is 2.85. The van der Waals surface area contributed by atoms with Crippen molar-refractivity contribution in [3.63, 3.8) is 0 Å². The van der Waals surface area contributed by atoms with Crippen LogP contribution in [0, 0.1) is 0 Å². The van der Waals surface area contributed by atoms with Gasteiger partial charge in [-0.3, -0.25) is 9.79 Å². The molecule has 1 unspecified atom stereocenters. The van der Waals surface area contributed by atoms with Crippen LogP contribution in [0.1, 0.15) is 53.4 Å². The van der Waals surface area contributed by atoms with Crippen LogP contribution in [-0.2, 0) is 4.79 Å². The summed E-state index contributed by atoms with van der Waals surface area (Å²) in [6, 6.07) is 0.581. The Labute approximate surface area is 124 Å². The number of carbonyl (C=O) groups is 1. The zero-order chi connectivity index (χ0) is 16.1. The number of aliphatic carboxylic acids is 1. The molecule has 0 aliphatic carbocycles. The molecule has 0 spiro atoms. The summed E-state index contributed by atoms with van der Waals surface area (Å²) in [5, 5.41) is 7.42. The average molecular weight is 287 g/mol. The van der Waals surface area contributed by atoms with Crippen LogP contribution < -0.4 is 0 Å². The second kappa shape index (κ2) is 12.8. The van der Waals surface area contributed by atoms with Crippen molar-refractivity contribution in [2.45, 2.75) is 59.4 Å². The van der Waals surface area contributed by atoms with Crippen LogP contribution in [0.5, 0.6) is 0 Å². The van der Waals surface area contributed by atoms with E-state index >= 15 is 0 Å². The molecule has 0 heterocycles. The Morgan fingerprint density at radius 3 is 2.05 bits per heavy atom. The van der Waals surface area contributed by atoms with Gasteiger partial charge in [-0.15, -0.1) is 0 Å². The third-order valence-corrected chi connectivity index (χ3v) is 2.85. The van der Waals surface area contributed by atoms with Crippen molar-refractivity contribution in [2.24, 2.45) is 4.99 Å². The lowest BCUT2D eigenvalue weighted by Gasteiger charge is -2.35. The van der Waals surface area contributed by atoms with Crippen LogP contribution in [-0.4, -0.2) is 60.6 Å². The first-order valence-corrected chi connectivity index (χ1v) is 7.41. The van der Waals surface area contributed by atoms with E-state index in [-0.39, 0.29) is 0 Å². The summed E-state index contributed by atoms with van der Waals surface area (Å²) in [5.41, 5.74) is 0. The second-order valence-electron chi connectivity index (χ2n) is 5.12. The minimum atomic E-state index is -0.833. The molecule has 0 rings (SSSR count). The molecule has 0 bridgehead atoms. The van der Waals surface area contributed by atoms with Crippen molar-refractivity contribution in [3.05, 3.63) is 0 Å². The fourth-order valence-corrected chi connectivity index (χ4v) is 2.00. The molecule has 1 atom stereocenters. The molecule has 0 fully saturated rings. The van der Waals surface area contributed by atoms with Crippen LogP contribution in [0.3, 0.4) is 0 Å². The second-order valence-corrected chi connectivity index (χ2v) is 5.12. The first-order chi connectivity index (χ1) is 9.31. The van der Waals surface area contributed by atoms with Gasteiger partial charge in [0.25, 0.3) is 5.97 Å². The average Bonchev–Trinajstić information content (AvgIpc) is 2.33. The number of nitrogens with zero attached hydrogens (tertiary/aromatic N) is 3. The highest BCUT2D eigenvalue weighted by molar-refractivity contribution is 5.79. The van der Waals surface area contributed by atoms with Crippen LogP contribution in [0.4, 0.5) is 0 Å². The van der Waals surface area contributed by atoms with E-state index in [4.69, 9.17) is 9.90 Å².